The number of fused-ring (bicyclic) bond motifs is 2. The summed E-state index contributed by atoms with van der Waals surface area (Å²) in [6, 6.07) is 35.9. The Bertz CT molecular complexity index is 1750. The highest BCUT2D eigenvalue weighted by Crippen LogP contribution is 2.37. The van der Waals surface area contributed by atoms with Crippen LogP contribution in [0.25, 0.3) is 66.0 Å². The lowest BCUT2D eigenvalue weighted by Crippen LogP contribution is -1.95. The summed E-state index contributed by atoms with van der Waals surface area (Å²) in [5, 5.41) is 10.5. The van der Waals surface area contributed by atoms with Gasteiger partial charge >= 0.3 is 0 Å². The SMILES string of the molecule is c1ccc(-c2nc3ccccc3nc2-c2nnc(-c3nc4ccccc4nc3-c3ccccc3)s2)cc1. The normalized spacial score (nSPS) is 11.2. The maximum absolute atomic E-state index is 4.97. The van der Waals surface area contributed by atoms with Crippen molar-refractivity contribution in [3.63, 3.8) is 0 Å². The smallest absolute Gasteiger partial charge is 0.168 e. The van der Waals surface area contributed by atoms with Crippen molar-refractivity contribution >= 4 is 33.4 Å². The molecule has 0 unspecified atom stereocenters. The summed E-state index contributed by atoms with van der Waals surface area (Å²) in [6.45, 7) is 0. The lowest BCUT2D eigenvalue weighted by molar-refractivity contribution is 1.08. The van der Waals surface area contributed by atoms with Crippen molar-refractivity contribution in [1.82, 2.24) is 30.1 Å². The van der Waals surface area contributed by atoms with Gasteiger partial charge < -0.3 is 0 Å². The quantitative estimate of drug-likeness (QED) is 0.260. The van der Waals surface area contributed by atoms with E-state index in [2.05, 4.69) is 10.2 Å². The second kappa shape index (κ2) is 8.96. The Morgan fingerprint density at radius 1 is 0.351 bits per heavy atom. The molecule has 37 heavy (non-hydrogen) atoms. The van der Waals surface area contributed by atoms with E-state index in [-0.39, 0.29) is 0 Å². The second-order valence-electron chi connectivity index (χ2n) is 8.46. The molecule has 0 atom stereocenters. The molecular weight excluding hydrogens is 476 g/mol. The van der Waals surface area contributed by atoms with Crippen molar-refractivity contribution in [3.05, 3.63) is 109 Å². The Kier molecular flexibility index (Phi) is 5.19. The van der Waals surface area contributed by atoms with Crippen LogP contribution >= 0.6 is 11.3 Å². The number of hydrogen-bond donors (Lipinski definition) is 0. The molecule has 0 aliphatic carbocycles. The number of hydrogen-bond acceptors (Lipinski definition) is 7. The summed E-state index contributed by atoms with van der Waals surface area (Å²) in [6.07, 6.45) is 0. The van der Waals surface area contributed by atoms with Crippen LogP contribution in [0.3, 0.4) is 0 Å². The van der Waals surface area contributed by atoms with E-state index in [4.69, 9.17) is 19.9 Å². The van der Waals surface area contributed by atoms with E-state index in [0.717, 1.165) is 44.6 Å². The molecule has 3 aromatic heterocycles. The lowest BCUT2D eigenvalue weighted by atomic mass is 10.1. The van der Waals surface area contributed by atoms with Crippen molar-refractivity contribution in [2.45, 2.75) is 0 Å². The third-order valence-electron chi connectivity index (χ3n) is 6.07. The fourth-order valence-corrected chi connectivity index (χ4v) is 5.13. The Hall–Kier alpha value is -4.88. The molecule has 6 nitrogen and oxygen atoms in total. The molecule has 0 spiro atoms. The van der Waals surface area contributed by atoms with E-state index in [1.807, 2.05) is 109 Å². The van der Waals surface area contributed by atoms with Gasteiger partial charge in [0, 0.05) is 11.1 Å². The third kappa shape index (κ3) is 3.91. The number of nitrogens with zero attached hydrogens (tertiary/aromatic N) is 6. The first-order valence-electron chi connectivity index (χ1n) is 11.8. The van der Waals surface area contributed by atoms with Crippen LogP contribution in [0.2, 0.25) is 0 Å². The number of aromatic nitrogens is 6. The van der Waals surface area contributed by atoms with Gasteiger partial charge in [0.25, 0.3) is 0 Å². The molecule has 0 saturated carbocycles. The Balaban J connectivity index is 1.43. The molecule has 7 heteroatoms. The lowest BCUT2D eigenvalue weighted by Gasteiger charge is -2.08. The van der Waals surface area contributed by atoms with Gasteiger partial charge in [0.1, 0.15) is 11.4 Å². The van der Waals surface area contributed by atoms with Gasteiger partial charge in [0.15, 0.2) is 10.0 Å². The molecule has 3 heterocycles. The molecule has 7 aromatic rings. The Labute approximate surface area is 216 Å². The predicted octanol–water partition coefficient (Wildman–Crippen LogP) is 7.09. The largest absolute Gasteiger partial charge is 0.244 e. The zero-order chi connectivity index (χ0) is 24.6. The number of para-hydroxylation sites is 4. The first-order chi connectivity index (χ1) is 18.3. The van der Waals surface area contributed by atoms with Gasteiger partial charge in [0.2, 0.25) is 0 Å². The summed E-state index contributed by atoms with van der Waals surface area (Å²) in [4.78, 5) is 19.9. The highest BCUT2D eigenvalue weighted by molar-refractivity contribution is 7.18. The van der Waals surface area contributed by atoms with Crippen molar-refractivity contribution in [1.29, 1.82) is 0 Å². The van der Waals surface area contributed by atoms with Gasteiger partial charge in [-0.3, -0.25) is 0 Å². The summed E-state index contributed by atoms with van der Waals surface area (Å²) < 4.78 is 0. The van der Waals surface area contributed by atoms with E-state index in [1.54, 1.807) is 0 Å². The molecule has 0 fully saturated rings. The molecule has 0 N–H and O–H groups in total. The van der Waals surface area contributed by atoms with Gasteiger partial charge in [0.05, 0.1) is 33.5 Å². The number of benzene rings is 4. The molecule has 7 rings (SSSR count). The van der Waals surface area contributed by atoms with Gasteiger partial charge in [-0.15, -0.1) is 10.2 Å². The fraction of sp³-hybridized carbons (Fsp3) is 0. The minimum atomic E-state index is 0.682. The molecule has 0 amide bonds. The van der Waals surface area contributed by atoms with Crippen LogP contribution in [0.1, 0.15) is 0 Å². The zero-order valence-electron chi connectivity index (χ0n) is 19.5. The van der Waals surface area contributed by atoms with Crippen molar-refractivity contribution < 1.29 is 0 Å². The molecule has 0 aliphatic heterocycles. The van der Waals surface area contributed by atoms with Crippen molar-refractivity contribution in [2.24, 2.45) is 0 Å². The van der Waals surface area contributed by atoms with E-state index in [0.29, 0.717) is 21.4 Å². The van der Waals surface area contributed by atoms with Gasteiger partial charge in [-0.1, -0.05) is 96.3 Å². The number of rotatable bonds is 4. The van der Waals surface area contributed by atoms with Crippen LogP contribution in [0.4, 0.5) is 0 Å². The van der Waals surface area contributed by atoms with E-state index < -0.39 is 0 Å². The first-order valence-corrected chi connectivity index (χ1v) is 12.6. The molecular formula is C30H18N6S. The van der Waals surface area contributed by atoms with Crippen LogP contribution in [0.15, 0.2) is 109 Å². The summed E-state index contributed by atoms with van der Waals surface area (Å²) in [5.74, 6) is 0. The van der Waals surface area contributed by atoms with Gasteiger partial charge in [-0.2, -0.15) is 0 Å². The summed E-state index contributed by atoms with van der Waals surface area (Å²) in [5.41, 5.74) is 8.18. The van der Waals surface area contributed by atoms with Gasteiger partial charge in [-0.05, 0) is 24.3 Å². The van der Waals surface area contributed by atoms with E-state index >= 15 is 0 Å². The molecule has 174 valence electrons. The van der Waals surface area contributed by atoms with E-state index in [9.17, 15) is 0 Å². The zero-order valence-corrected chi connectivity index (χ0v) is 20.3. The monoisotopic (exact) mass is 494 g/mol. The van der Waals surface area contributed by atoms with Crippen LogP contribution in [0, 0.1) is 0 Å². The highest BCUT2D eigenvalue weighted by atomic mass is 32.1. The summed E-state index contributed by atoms with van der Waals surface area (Å²) >= 11 is 1.45. The average molecular weight is 495 g/mol. The van der Waals surface area contributed by atoms with Crippen molar-refractivity contribution in [3.8, 4) is 43.9 Å². The molecule has 0 bridgehead atoms. The predicted molar refractivity (Wildman–Crippen MR) is 148 cm³/mol. The molecule has 0 aliphatic rings. The average Bonchev–Trinajstić information content (AvgIpc) is 3.47. The summed E-state index contributed by atoms with van der Waals surface area (Å²) in [7, 11) is 0. The third-order valence-corrected chi connectivity index (χ3v) is 7.00. The van der Waals surface area contributed by atoms with Crippen LogP contribution in [-0.4, -0.2) is 30.1 Å². The Morgan fingerprint density at radius 3 is 1.05 bits per heavy atom. The minimum Gasteiger partial charge on any atom is -0.244 e. The van der Waals surface area contributed by atoms with Gasteiger partial charge in [-0.25, -0.2) is 19.9 Å². The van der Waals surface area contributed by atoms with E-state index in [1.165, 1.54) is 11.3 Å². The maximum Gasteiger partial charge on any atom is 0.168 e. The first kappa shape index (κ1) is 21.4. The highest BCUT2D eigenvalue weighted by Gasteiger charge is 2.21. The molecule has 4 aromatic carbocycles. The van der Waals surface area contributed by atoms with Crippen molar-refractivity contribution in [2.75, 3.05) is 0 Å². The fourth-order valence-electron chi connectivity index (χ4n) is 4.31. The minimum absolute atomic E-state index is 0.682. The second-order valence-corrected chi connectivity index (χ2v) is 9.44. The Morgan fingerprint density at radius 2 is 0.676 bits per heavy atom. The van der Waals surface area contributed by atoms with Crippen LogP contribution in [0.5, 0.6) is 0 Å². The topological polar surface area (TPSA) is 77.3 Å². The maximum atomic E-state index is 4.97. The molecule has 0 saturated heterocycles. The van der Waals surface area contributed by atoms with Crippen LogP contribution in [-0.2, 0) is 0 Å². The molecule has 0 radical (unpaired) electrons. The standard InChI is InChI=1S/C30H18N6S/c1-3-11-19(12-4-1)25-27(33-23-17-9-7-15-21(23)31-25)29-35-36-30(37-29)28-26(20-13-5-2-6-14-20)32-22-16-8-10-18-24(22)34-28/h1-18H. The van der Waals surface area contributed by atoms with Crippen LogP contribution < -0.4 is 0 Å².